The van der Waals surface area contributed by atoms with Gasteiger partial charge in [0.25, 0.3) is 5.91 Å². The first-order chi connectivity index (χ1) is 19.4. The van der Waals surface area contributed by atoms with Crippen LogP contribution < -0.4 is 23.8 Å². The van der Waals surface area contributed by atoms with Gasteiger partial charge in [0.1, 0.15) is 5.75 Å². The first kappa shape index (κ1) is 26.8. The second-order valence-corrected chi connectivity index (χ2v) is 9.75. The third kappa shape index (κ3) is 4.73. The lowest BCUT2D eigenvalue weighted by Gasteiger charge is -2.25. The molecule has 1 aliphatic heterocycles. The molecule has 1 N–H and O–H groups in total. The van der Waals surface area contributed by atoms with Gasteiger partial charge in [-0.1, -0.05) is 47.7 Å². The van der Waals surface area contributed by atoms with Gasteiger partial charge in [-0.3, -0.25) is 14.5 Å². The highest BCUT2D eigenvalue weighted by molar-refractivity contribution is 7.22. The van der Waals surface area contributed by atoms with Crippen LogP contribution in [0.25, 0.3) is 16.3 Å². The van der Waals surface area contributed by atoms with E-state index in [0.717, 1.165) is 10.3 Å². The van der Waals surface area contributed by atoms with Crippen molar-refractivity contribution >= 4 is 44.5 Å². The molecule has 1 aliphatic rings. The Bertz CT molecular complexity index is 1630. The molecule has 0 bridgehead atoms. The number of amides is 1. The van der Waals surface area contributed by atoms with E-state index in [1.165, 1.54) is 43.6 Å². The number of methoxy groups -OCH3 is 4. The molecule has 1 aromatic heterocycles. The molecule has 1 unspecified atom stereocenters. The zero-order chi connectivity index (χ0) is 28.4. The van der Waals surface area contributed by atoms with Crippen LogP contribution in [0.4, 0.5) is 5.13 Å². The number of carbonyl (C=O) groups excluding carboxylic acids is 2. The number of allylic oxidation sites excluding steroid dienone is 1. The average Bonchev–Trinajstić information content (AvgIpc) is 3.52. The molecular weight excluding hydrogens is 532 g/mol. The summed E-state index contributed by atoms with van der Waals surface area (Å²) in [6, 6.07) is 16.9. The first-order valence-corrected chi connectivity index (χ1v) is 13.0. The Morgan fingerprint density at radius 1 is 0.950 bits per heavy atom. The fourth-order valence-corrected chi connectivity index (χ4v) is 5.60. The Morgan fingerprint density at radius 2 is 1.65 bits per heavy atom. The first-order valence-electron chi connectivity index (χ1n) is 12.2. The van der Waals surface area contributed by atoms with Gasteiger partial charge in [-0.25, -0.2) is 4.98 Å². The quantitative estimate of drug-likeness (QED) is 0.268. The molecule has 0 radical (unpaired) electrons. The Balaban J connectivity index is 1.67. The van der Waals surface area contributed by atoms with Gasteiger partial charge in [-0.15, -0.1) is 0 Å². The minimum atomic E-state index is -1.03. The van der Waals surface area contributed by atoms with Crippen LogP contribution in [0.15, 0.2) is 78.1 Å². The van der Waals surface area contributed by atoms with E-state index in [-0.39, 0.29) is 5.57 Å². The summed E-state index contributed by atoms with van der Waals surface area (Å²) in [4.78, 5) is 33.2. The summed E-state index contributed by atoms with van der Waals surface area (Å²) in [6.45, 7) is 0. The SMILES string of the molecule is COc1ccc2nc(N3C(=O)C(O)=C(C(=O)C=Cc4ccccc4)C3c3cc(OC)c(OC)c(OC)c3)sc2c1. The lowest BCUT2D eigenvalue weighted by atomic mass is 9.95. The molecule has 10 heteroatoms. The minimum absolute atomic E-state index is 0.0942. The number of nitrogens with zero attached hydrogens (tertiary/aromatic N) is 2. The van der Waals surface area contributed by atoms with Gasteiger partial charge < -0.3 is 24.1 Å². The molecule has 2 heterocycles. The number of carbonyl (C=O) groups is 2. The Labute approximate surface area is 234 Å². The van der Waals surface area contributed by atoms with Crippen molar-refractivity contribution in [1.29, 1.82) is 0 Å². The van der Waals surface area contributed by atoms with Crippen molar-refractivity contribution in [3.63, 3.8) is 0 Å². The molecule has 0 spiro atoms. The summed E-state index contributed by atoms with van der Waals surface area (Å²) in [6.07, 6.45) is 2.97. The van der Waals surface area contributed by atoms with Gasteiger partial charge >= 0.3 is 0 Å². The molecule has 5 rings (SSSR count). The molecule has 1 atom stereocenters. The minimum Gasteiger partial charge on any atom is -0.503 e. The van der Waals surface area contributed by atoms with E-state index in [0.29, 0.717) is 39.2 Å². The summed E-state index contributed by atoms with van der Waals surface area (Å²) in [5.41, 5.74) is 1.80. The predicted octanol–water partition coefficient (Wildman–Crippen LogP) is 5.51. The lowest BCUT2D eigenvalue weighted by molar-refractivity contribution is -0.117. The molecule has 0 saturated carbocycles. The van der Waals surface area contributed by atoms with Crippen molar-refractivity contribution in [3.8, 4) is 23.0 Å². The van der Waals surface area contributed by atoms with E-state index in [1.54, 1.807) is 37.5 Å². The monoisotopic (exact) mass is 558 g/mol. The van der Waals surface area contributed by atoms with Crippen LogP contribution in [0.2, 0.25) is 0 Å². The number of hydrogen-bond donors (Lipinski definition) is 1. The average molecular weight is 559 g/mol. The van der Waals surface area contributed by atoms with Crippen LogP contribution in [-0.2, 0) is 9.59 Å². The van der Waals surface area contributed by atoms with Gasteiger partial charge in [0, 0.05) is 0 Å². The summed E-state index contributed by atoms with van der Waals surface area (Å²) in [7, 11) is 6.00. The molecule has 0 fully saturated rings. The third-order valence-electron chi connectivity index (χ3n) is 6.49. The molecule has 204 valence electrons. The maximum absolute atomic E-state index is 13.6. The number of ketones is 1. The van der Waals surface area contributed by atoms with Crippen LogP contribution in [0.1, 0.15) is 17.2 Å². The van der Waals surface area contributed by atoms with Crippen LogP contribution in [-0.4, -0.2) is 50.2 Å². The summed E-state index contributed by atoms with van der Waals surface area (Å²) in [5, 5.41) is 11.4. The number of aliphatic hydroxyl groups excluding tert-OH is 1. The molecule has 0 aliphatic carbocycles. The molecular formula is C30H26N2O7S. The topological polar surface area (TPSA) is 107 Å². The van der Waals surface area contributed by atoms with Crippen molar-refractivity contribution in [2.24, 2.45) is 0 Å². The third-order valence-corrected chi connectivity index (χ3v) is 7.51. The maximum atomic E-state index is 13.6. The highest BCUT2D eigenvalue weighted by atomic mass is 32.1. The highest BCUT2D eigenvalue weighted by Gasteiger charge is 2.45. The summed E-state index contributed by atoms with van der Waals surface area (Å²) in [5.74, 6) is -0.285. The Hall–Kier alpha value is -4.83. The van der Waals surface area contributed by atoms with Gasteiger partial charge in [-0.05, 0) is 47.5 Å². The zero-order valence-corrected chi connectivity index (χ0v) is 23.0. The van der Waals surface area contributed by atoms with Crippen LogP contribution in [0.3, 0.4) is 0 Å². The van der Waals surface area contributed by atoms with E-state index in [4.69, 9.17) is 18.9 Å². The van der Waals surface area contributed by atoms with Crippen molar-refractivity contribution in [1.82, 2.24) is 4.98 Å². The molecule has 9 nitrogen and oxygen atoms in total. The molecule has 0 saturated heterocycles. The standard InChI is InChI=1S/C30H26N2O7S/c1-36-19-11-12-20-24(16-19)40-30(31-20)32-26(18-14-22(37-2)28(39-4)23(15-18)38-3)25(27(34)29(32)35)21(33)13-10-17-8-6-5-7-9-17/h5-16,26,34H,1-4H3. The smallest absolute Gasteiger partial charge is 0.296 e. The van der Waals surface area contributed by atoms with E-state index in [1.807, 2.05) is 36.4 Å². The second kappa shape index (κ2) is 11.1. The van der Waals surface area contributed by atoms with Crippen LogP contribution >= 0.6 is 11.3 Å². The Kier molecular flexibility index (Phi) is 7.43. The normalized spacial score (nSPS) is 15.2. The lowest BCUT2D eigenvalue weighted by Crippen LogP contribution is -2.30. The van der Waals surface area contributed by atoms with Crippen molar-refractivity contribution in [2.45, 2.75) is 6.04 Å². The molecule has 4 aromatic rings. The fraction of sp³-hybridized carbons (Fsp3) is 0.167. The molecule has 1 amide bonds. The number of benzene rings is 3. The van der Waals surface area contributed by atoms with Crippen LogP contribution in [0, 0.1) is 0 Å². The number of rotatable bonds is 9. The van der Waals surface area contributed by atoms with Gasteiger partial charge in [0.2, 0.25) is 5.75 Å². The number of ether oxygens (including phenoxy) is 4. The predicted molar refractivity (Wildman–Crippen MR) is 153 cm³/mol. The number of anilines is 1. The van der Waals surface area contributed by atoms with Crippen molar-refractivity contribution < 1.29 is 33.6 Å². The number of aromatic nitrogens is 1. The van der Waals surface area contributed by atoms with Crippen LogP contribution in [0.5, 0.6) is 23.0 Å². The van der Waals surface area contributed by atoms with E-state index >= 15 is 0 Å². The highest BCUT2D eigenvalue weighted by Crippen LogP contribution is 2.48. The zero-order valence-electron chi connectivity index (χ0n) is 22.2. The van der Waals surface area contributed by atoms with Gasteiger partial charge in [0.05, 0.1) is 50.3 Å². The maximum Gasteiger partial charge on any atom is 0.296 e. The van der Waals surface area contributed by atoms with E-state index < -0.39 is 23.5 Å². The van der Waals surface area contributed by atoms with E-state index in [9.17, 15) is 14.7 Å². The second-order valence-electron chi connectivity index (χ2n) is 8.74. The summed E-state index contributed by atoms with van der Waals surface area (Å²) < 4.78 is 22.6. The number of fused-ring (bicyclic) bond motifs is 1. The molecule has 40 heavy (non-hydrogen) atoms. The van der Waals surface area contributed by atoms with Gasteiger partial charge in [0.15, 0.2) is 28.2 Å². The molecule has 3 aromatic carbocycles. The van der Waals surface area contributed by atoms with Crippen molar-refractivity contribution in [2.75, 3.05) is 33.3 Å². The fourth-order valence-electron chi connectivity index (χ4n) is 4.58. The van der Waals surface area contributed by atoms with Gasteiger partial charge in [-0.2, -0.15) is 0 Å². The van der Waals surface area contributed by atoms with Crippen molar-refractivity contribution in [3.05, 3.63) is 89.2 Å². The number of hydrogen-bond acceptors (Lipinski definition) is 9. The number of thiazole rings is 1. The number of aliphatic hydroxyl groups is 1. The van der Waals surface area contributed by atoms with E-state index in [2.05, 4.69) is 4.98 Å². The summed E-state index contributed by atoms with van der Waals surface area (Å²) >= 11 is 1.24. The largest absolute Gasteiger partial charge is 0.503 e. The Morgan fingerprint density at radius 3 is 2.27 bits per heavy atom.